The number of nitrogens with zero attached hydrogens (tertiary/aromatic N) is 3. The van der Waals surface area contributed by atoms with Crippen molar-refractivity contribution < 1.29 is 9.53 Å². The highest BCUT2D eigenvalue weighted by Crippen LogP contribution is 2.20. The van der Waals surface area contributed by atoms with Gasteiger partial charge in [-0.3, -0.25) is 9.48 Å². The molecule has 7 nitrogen and oxygen atoms in total. The molecule has 0 spiro atoms. The zero-order valence-electron chi connectivity index (χ0n) is 11.5. The van der Waals surface area contributed by atoms with E-state index in [0.29, 0.717) is 35.8 Å². The molecule has 1 amide bonds. The summed E-state index contributed by atoms with van der Waals surface area (Å²) >= 11 is 0. The van der Waals surface area contributed by atoms with Gasteiger partial charge in [-0.15, -0.1) is 0 Å². The number of anilines is 1. The number of carbonyl (C=O) groups excluding carboxylic acids is 1. The van der Waals surface area contributed by atoms with Crippen LogP contribution in [0.1, 0.15) is 16.2 Å². The molecule has 1 aromatic carbocycles. The quantitative estimate of drug-likeness (QED) is 0.769. The minimum atomic E-state index is -0.231. The second-order valence-electron chi connectivity index (χ2n) is 4.30. The Labute approximate surface area is 116 Å². The smallest absolute Gasteiger partial charge is 0.255 e. The van der Waals surface area contributed by atoms with Crippen molar-refractivity contribution in [3.8, 4) is 5.75 Å². The molecule has 0 radical (unpaired) electrons. The van der Waals surface area contributed by atoms with E-state index in [9.17, 15) is 4.79 Å². The van der Waals surface area contributed by atoms with E-state index in [1.165, 1.54) is 7.11 Å². The van der Waals surface area contributed by atoms with Gasteiger partial charge in [0.2, 0.25) is 0 Å². The molecule has 0 atom stereocenters. The predicted molar refractivity (Wildman–Crippen MR) is 74.4 cm³/mol. The van der Waals surface area contributed by atoms with Gasteiger partial charge in [-0.1, -0.05) is 0 Å². The highest BCUT2D eigenvalue weighted by molar-refractivity contribution is 5.97. The van der Waals surface area contributed by atoms with Crippen LogP contribution < -0.4 is 15.8 Å². The summed E-state index contributed by atoms with van der Waals surface area (Å²) in [5.41, 5.74) is 6.62. The van der Waals surface area contributed by atoms with Crippen molar-refractivity contribution in [3.63, 3.8) is 0 Å². The van der Waals surface area contributed by atoms with Gasteiger partial charge in [0, 0.05) is 25.7 Å². The Bertz CT molecular complexity index is 609. The van der Waals surface area contributed by atoms with Crippen LogP contribution in [0.4, 0.5) is 5.69 Å². The van der Waals surface area contributed by atoms with Crippen LogP contribution in [0.15, 0.2) is 24.5 Å². The third kappa shape index (κ3) is 3.25. The third-order valence-electron chi connectivity index (χ3n) is 2.75. The van der Waals surface area contributed by atoms with Gasteiger partial charge in [0.05, 0.1) is 12.7 Å². The molecular formula is C13H17N5O2. The molecule has 2 rings (SSSR count). The van der Waals surface area contributed by atoms with Gasteiger partial charge >= 0.3 is 0 Å². The maximum absolute atomic E-state index is 12.1. The number of hydrogen-bond acceptors (Lipinski definition) is 5. The molecule has 3 N–H and O–H groups in total. The molecule has 20 heavy (non-hydrogen) atoms. The molecule has 0 fully saturated rings. The van der Waals surface area contributed by atoms with Crippen LogP contribution in [-0.2, 0) is 13.5 Å². The number of carbonyl (C=O) groups is 1. The van der Waals surface area contributed by atoms with Crippen LogP contribution in [0.25, 0.3) is 0 Å². The number of nitrogens with one attached hydrogen (secondary N) is 1. The Morgan fingerprint density at radius 2 is 2.30 bits per heavy atom. The topological polar surface area (TPSA) is 95.1 Å². The van der Waals surface area contributed by atoms with Gasteiger partial charge in [-0.2, -0.15) is 5.10 Å². The van der Waals surface area contributed by atoms with Crippen molar-refractivity contribution in [3.05, 3.63) is 35.9 Å². The SMILES string of the molecule is COc1ccc(N)cc1C(=O)NCCc1ncn(C)n1. The first-order chi connectivity index (χ1) is 9.60. The molecule has 0 aliphatic carbocycles. The fourth-order valence-electron chi connectivity index (χ4n) is 1.78. The number of aromatic nitrogens is 3. The molecule has 1 aromatic heterocycles. The zero-order chi connectivity index (χ0) is 14.5. The molecule has 0 aliphatic heterocycles. The van der Waals surface area contributed by atoms with Crippen molar-refractivity contribution in [2.45, 2.75) is 6.42 Å². The van der Waals surface area contributed by atoms with E-state index >= 15 is 0 Å². The number of ether oxygens (including phenoxy) is 1. The van der Waals surface area contributed by atoms with E-state index in [1.54, 1.807) is 36.3 Å². The first kappa shape index (κ1) is 13.9. The molecule has 0 aliphatic rings. The minimum absolute atomic E-state index is 0.231. The molecule has 7 heteroatoms. The molecule has 106 valence electrons. The van der Waals surface area contributed by atoms with Gasteiger partial charge in [0.15, 0.2) is 5.82 Å². The Hall–Kier alpha value is -2.57. The van der Waals surface area contributed by atoms with Crippen LogP contribution in [0.2, 0.25) is 0 Å². The number of methoxy groups -OCH3 is 1. The lowest BCUT2D eigenvalue weighted by Gasteiger charge is -2.09. The summed E-state index contributed by atoms with van der Waals surface area (Å²) in [5.74, 6) is 0.949. The Balaban J connectivity index is 1.96. The number of hydrogen-bond donors (Lipinski definition) is 2. The van der Waals surface area contributed by atoms with E-state index in [2.05, 4.69) is 15.4 Å². The Kier molecular flexibility index (Phi) is 4.19. The maximum atomic E-state index is 12.1. The summed E-state index contributed by atoms with van der Waals surface area (Å²) in [7, 11) is 3.31. The fourth-order valence-corrected chi connectivity index (χ4v) is 1.78. The lowest BCUT2D eigenvalue weighted by atomic mass is 10.1. The first-order valence-corrected chi connectivity index (χ1v) is 6.16. The van der Waals surface area contributed by atoms with Gasteiger partial charge in [-0.25, -0.2) is 4.98 Å². The van der Waals surface area contributed by atoms with Crippen molar-refractivity contribution in [1.29, 1.82) is 0 Å². The number of nitrogens with two attached hydrogens (primary N) is 1. The standard InChI is InChI=1S/C13H17N5O2/c1-18-8-16-12(17-18)5-6-15-13(19)10-7-9(14)3-4-11(10)20-2/h3-4,7-8H,5-6,14H2,1-2H3,(H,15,19). The van der Waals surface area contributed by atoms with E-state index in [1.807, 2.05) is 0 Å². The predicted octanol–water partition coefficient (Wildman–Crippen LogP) is 0.378. The first-order valence-electron chi connectivity index (χ1n) is 6.16. The zero-order valence-corrected chi connectivity index (χ0v) is 11.5. The number of aryl methyl sites for hydroxylation is 1. The third-order valence-corrected chi connectivity index (χ3v) is 2.75. The second kappa shape index (κ2) is 6.05. The van der Waals surface area contributed by atoms with Gasteiger partial charge in [-0.05, 0) is 18.2 Å². The number of rotatable bonds is 5. The van der Waals surface area contributed by atoms with Crippen LogP contribution in [-0.4, -0.2) is 34.3 Å². The highest BCUT2D eigenvalue weighted by Gasteiger charge is 2.12. The van der Waals surface area contributed by atoms with Gasteiger partial charge < -0.3 is 15.8 Å². The molecule has 0 unspecified atom stereocenters. The average Bonchev–Trinajstić information content (AvgIpc) is 2.84. The van der Waals surface area contributed by atoms with Gasteiger partial charge in [0.1, 0.15) is 12.1 Å². The summed E-state index contributed by atoms with van der Waals surface area (Å²) in [4.78, 5) is 16.2. The lowest BCUT2D eigenvalue weighted by Crippen LogP contribution is -2.26. The molecule has 2 aromatic rings. The van der Waals surface area contributed by atoms with E-state index in [4.69, 9.17) is 10.5 Å². The van der Waals surface area contributed by atoms with E-state index < -0.39 is 0 Å². The van der Waals surface area contributed by atoms with Crippen molar-refractivity contribution >= 4 is 11.6 Å². The van der Waals surface area contributed by atoms with Crippen molar-refractivity contribution in [2.24, 2.45) is 7.05 Å². The molecule has 1 heterocycles. The van der Waals surface area contributed by atoms with Crippen molar-refractivity contribution in [1.82, 2.24) is 20.1 Å². The number of amides is 1. The van der Waals surface area contributed by atoms with E-state index in [-0.39, 0.29) is 5.91 Å². The second-order valence-corrected chi connectivity index (χ2v) is 4.30. The highest BCUT2D eigenvalue weighted by atomic mass is 16.5. The Morgan fingerprint density at radius 3 is 2.95 bits per heavy atom. The lowest BCUT2D eigenvalue weighted by molar-refractivity contribution is 0.0951. The Morgan fingerprint density at radius 1 is 1.50 bits per heavy atom. The largest absolute Gasteiger partial charge is 0.496 e. The normalized spacial score (nSPS) is 10.3. The molecular weight excluding hydrogens is 258 g/mol. The molecule has 0 saturated carbocycles. The number of nitrogen functional groups attached to an aromatic ring is 1. The summed E-state index contributed by atoms with van der Waals surface area (Å²) < 4.78 is 6.77. The van der Waals surface area contributed by atoms with Crippen molar-refractivity contribution in [2.75, 3.05) is 19.4 Å². The number of benzene rings is 1. The summed E-state index contributed by atoms with van der Waals surface area (Å²) in [6.07, 6.45) is 2.19. The van der Waals surface area contributed by atoms with Crippen LogP contribution in [0, 0.1) is 0 Å². The van der Waals surface area contributed by atoms with E-state index in [0.717, 1.165) is 0 Å². The fraction of sp³-hybridized carbons (Fsp3) is 0.308. The summed E-state index contributed by atoms with van der Waals surface area (Å²) in [5, 5.41) is 6.93. The van der Waals surface area contributed by atoms with Crippen LogP contribution in [0.3, 0.4) is 0 Å². The minimum Gasteiger partial charge on any atom is -0.496 e. The van der Waals surface area contributed by atoms with Crippen LogP contribution >= 0.6 is 0 Å². The van der Waals surface area contributed by atoms with Gasteiger partial charge in [0.25, 0.3) is 5.91 Å². The summed E-state index contributed by atoms with van der Waals surface area (Å²) in [6, 6.07) is 4.95. The maximum Gasteiger partial charge on any atom is 0.255 e. The molecule has 0 bridgehead atoms. The molecule has 0 saturated heterocycles. The average molecular weight is 275 g/mol. The monoisotopic (exact) mass is 275 g/mol. The van der Waals surface area contributed by atoms with Crippen LogP contribution in [0.5, 0.6) is 5.75 Å². The summed E-state index contributed by atoms with van der Waals surface area (Å²) in [6.45, 7) is 0.445.